The second-order valence-electron chi connectivity index (χ2n) is 7.03. The second-order valence-corrected chi connectivity index (χ2v) is 7.91. The Bertz CT molecular complexity index is 834. The smallest absolute Gasteiger partial charge is 0.223 e. The van der Waals surface area contributed by atoms with Crippen LogP contribution in [0.2, 0.25) is 10.0 Å². The van der Waals surface area contributed by atoms with Gasteiger partial charge in [-0.25, -0.2) is 0 Å². The highest BCUT2D eigenvalue weighted by Crippen LogP contribution is 2.45. The number of likely N-dealkylation sites (tertiary alicyclic amines) is 1. The van der Waals surface area contributed by atoms with Crippen LogP contribution in [0, 0.1) is 0 Å². The van der Waals surface area contributed by atoms with E-state index < -0.39 is 6.04 Å². The van der Waals surface area contributed by atoms with Crippen LogP contribution in [0.25, 0.3) is 0 Å². The lowest BCUT2D eigenvalue weighted by Crippen LogP contribution is -2.50. The van der Waals surface area contributed by atoms with E-state index in [1.54, 1.807) is 11.8 Å². The molecule has 0 aliphatic carbocycles. The van der Waals surface area contributed by atoms with Crippen LogP contribution in [0.1, 0.15) is 56.2 Å². The fraction of sp³-hybridized carbons (Fsp3) is 0.364. The number of amides is 1. The fourth-order valence-corrected chi connectivity index (χ4v) is 4.43. The van der Waals surface area contributed by atoms with Crippen molar-refractivity contribution in [3.8, 4) is 0 Å². The van der Waals surface area contributed by atoms with Crippen molar-refractivity contribution in [2.24, 2.45) is 0 Å². The summed E-state index contributed by atoms with van der Waals surface area (Å²) in [4.78, 5) is 27.0. The molecular weight excluding hydrogens is 381 g/mol. The van der Waals surface area contributed by atoms with Gasteiger partial charge in [-0.3, -0.25) is 9.59 Å². The summed E-state index contributed by atoms with van der Waals surface area (Å²) in [5, 5.41) is 1.31. The number of nitrogens with zero attached hydrogens (tertiary/aromatic N) is 1. The van der Waals surface area contributed by atoms with Crippen LogP contribution >= 0.6 is 23.2 Å². The van der Waals surface area contributed by atoms with Crippen LogP contribution in [0.5, 0.6) is 0 Å². The lowest BCUT2D eigenvalue weighted by atomic mass is 9.78. The lowest BCUT2D eigenvalue weighted by molar-refractivity contribution is -0.146. The van der Waals surface area contributed by atoms with Gasteiger partial charge in [0.15, 0.2) is 5.78 Å². The van der Waals surface area contributed by atoms with E-state index in [0.717, 1.165) is 17.5 Å². The molecule has 2 aromatic carbocycles. The summed E-state index contributed by atoms with van der Waals surface area (Å²) in [6.07, 6.45) is 1.73. The predicted octanol–water partition coefficient (Wildman–Crippen LogP) is 5.81. The van der Waals surface area contributed by atoms with Crippen molar-refractivity contribution in [2.45, 2.75) is 51.1 Å². The van der Waals surface area contributed by atoms with Gasteiger partial charge in [0.1, 0.15) is 0 Å². The molecule has 0 N–H and O–H groups in total. The SMILES string of the molecule is CC[C@@H](C(C)=O)N1C(=O)CC[C@H](c2cccc(Cl)c2)[C@H]1c1ccc(Cl)cc1. The van der Waals surface area contributed by atoms with Crippen molar-refractivity contribution in [1.29, 1.82) is 0 Å². The van der Waals surface area contributed by atoms with Gasteiger partial charge in [0.2, 0.25) is 5.91 Å². The standard InChI is InChI=1S/C22H23Cl2NO2/c1-3-20(14(2)26)25-21(27)12-11-19(16-5-4-6-18(24)13-16)22(25)15-7-9-17(23)10-8-15/h4-10,13,19-20,22H,3,11-12H2,1-2H3/t19-,20+,22-/m1/s1. The van der Waals surface area contributed by atoms with Gasteiger partial charge >= 0.3 is 0 Å². The van der Waals surface area contributed by atoms with Crippen molar-refractivity contribution in [1.82, 2.24) is 4.90 Å². The number of ketones is 1. The topological polar surface area (TPSA) is 37.4 Å². The normalized spacial score (nSPS) is 21.2. The summed E-state index contributed by atoms with van der Waals surface area (Å²) in [5.74, 6) is 0.0998. The molecule has 3 nitrogen and oxygen atoms in total. The molecule has 0 bridgehead atoms. The van der Waals surface area contributed by atoms with Crippen LogP contribution in [0.3, 0.4) is 0 Å². The first-order valence-electron chi connectivity index (χ1n) is 9.25. The molecule has 3 rings (SSSR count). The first-order valence-corrected chi connectivity index (χ1v) is 10.0. The molecule has 1 heterocycles. The molecule has 0 radical (unpaired) electrons. The van der Waals surface area contributed by atoms with Gasteiger partial charge in [0, 0.05) is 22.4 Å². The molecule has 142 valence electrons. The highest BCUT2D eigenvalue weighted by Gasteiger charge is 2.41. The average molecular weight is 404 g/mol. The van der Waals surface area contributed by atoms with Crippen molar-refractivity contribution in [3.63, 3.8) is 0 Å². The van der Waals surface area contributed by atoms with Gasteiger partial charge in [0.05, 0.1) is 12.1 Å². The van der Waals surface area contributed by atoms with Crippen LogP contribution in [-0.4, -0.2) is 22.6 Å². The molecule has 2 aromatic rings. The molecule has 27 heavy (non-hydrogen) atoms. The van der Waals surface area contributed by atoms with Crippen LogP contribution in [-0.2, 0) is 9.59 Å². The van der Waals surface area contributed by atoms with E-state index in [1.165, 1.54) is 0 Å². The van der Waals surface area contributed by atoms with Crippen molar-refractivity contribution >= 4 is 34.9 Å². The lowest BCUT2D eigenvalue weighted by Gasteiger charge is -2.45. The number of hydrogen-bond acceptors (Lipinski definition) is 2. The number of halogens is 2. The Labute approximate surface area is 170 Å². The zero-order chi connectivity index (χ0) is 19.6. The summed E-state index contributed by atoms with van der Waals surface area (Å²) in [5.41, 5.74) is 2.07. The third-order valence-electron chi connectivity index (χ3n) is 5.32. The Balaban J connectivity index is 2.13. The van der Waals surface area contributed by atoms with Crippen LogP contribution in [0.15, 0.2) is 48.5 Å². The van der Waals surface area contributed by atoms with E-state index in [2.05, 4.69) is 0 Å². The molecular formula is C22H23Cl2NO2. The minimum Gasteiger partial charge on any atom is -0.325 e. The van der Waals surface area contributed by atoms with Crippen molar-refractivity contribution in [2.75, 3.05) is 0 Å². The summed E-state index contributed by atoms with van der Waals surface area (Å²) >= 11 is 12.3. The Kier molecular flexibility index (Phi) is 6.23. The highest BCUT2D eigenvalue weighted by atomic mass is 35.5. The third kappa shape index (κ3) is 4.20. The molecule has 5 heteroatoms. The number of carbonyl (C=O) groups excluding carboxylic acids is 2. The van der Waals surface area contributed by atoms with E-state index in [1.807, 2.05) is 55.5 Å². The number of Topliss-reactive ketones (excluding diaryl/α,β-unsaturated/α-hetero) is 1. The van der Waals surface area contributed by atoms with Gasteiger partial charge in [-0.2, -0.15) is 0 Å². The minimum absolute atomic E-state index is 0.0107. The number of hydrogen-bond donors (Lipinski definition) is 0. The maximum absolute atomic E-state index is 12.9. The maximum atomic E-state index is 12.9. The van der Waals surface area contributed by atoms with E-state index >= 15 is 0 Å². The number of piperidine rings is 1. The molecule has 1 aliphatic rings. The average Bonchev–Trinajstić information content (AvgIpc) is 2.64. The van der Waals surface area contributed by atoms with E-state index in [4.69, 9.17) is 23.2 Å². The van der Waals surface area contributed by atoms with Gasteiger partial charge < -0.3 is 4.90 Å². The zero-order valence-corrected chi connectivity index (χ0v) is 17.0. The van der Waals surface area contributed by atoms with Crippen molar-refractivity contribution < 1.29 is 9.59 Å². The van der Waals surface area contributed by atoms with Gasteiger partial charge in [-0.1, -0.05) is 54.4 Å². The number of benzene rings is 2. The second kappa shape index (κ2) is 8.45. The number of rotatable bonds is 5. The van der Waals surface area contributed by atoms with E-state index in [-0.39, 0.29) is 23.7 Å². The molecule has 1 aliphatic heterocycles. The Morgan fingerprint density at radius 1 is 1.11 bits per heavy atom. The minimum atomic E-state index is -0.430. The maximum Gasteiger partial charge on any atom is 0.223 e. The van der Waals surface area contributed by atoms with E-state index in [9.17, 15) is 9.59 Å². The molecule has 0 aromatic heterocycles. The molecule has 1 saturated heterocycles. The molecule has 1 amide bonds. The quantitative estimate of drug-likeness (QED) is 0.631. The highest BCUT2D eigenvalue weighted by molar-refractivity contribution is 6.30. The predicted molar refractivity (Wildman–Crippen MR) is 109 cm³/mol. The first kappa shape index (κ1) is 19.9. The molecule has 0 saturated carbocycles. The summed E-state index contributed by atoms with van der Waals surface area (Å²) in [7, 11) is 0. The van der Waals surface area contributed by atoms with Gasteiger partial charge in [-0.15, -0.1) is 0 Å². The van der Waals surface area contributed by atoms with Crippen molar-refractivity contribution in [3.05, 3.63) is 69.7 Å². The Morgan fingerprint density at radius 2 is 1.81 bits per heavy atom. The van der Waals surface area contributed by atoms with Crippen LogP contribution in [0.4, 0.5) is 0 Å². The fourth-order valence-electron chi connectivity index (χ4n) is 4.10. The molecule has 0 unspecified atom stereocenters. The Hall–Kier alpha value is -1.84. The third-order valence-corrected chi connectivity index (χ3v) is 5.81. The summed E-state index contributed by atoms with van der Waals surface area (Å²) < 4.78 is 0. The first-order chi connectivity index (χ1) is 12.9. The van der Waals surface area contributed by atoms with Gasteiger partial charge in [-0.05, 0) is 55.2 Å². The molecule has 1 fully saturated rings. The van der Waals surface area contributed by atoms with Crippen LogP contribution < -0.4 is 0 Å². The Morgan fingerprint density at radius 3 is 2.41 bits per heavy atom. The molecule has 0 spiro atoms. The summed E-state index contributed by atoms with van der Waals surface area (Å²) in [6.45, 7) is 3.50. The summed E-state index contributed by atoms with van der Waals surface area (Å²) in [6, 6.07) is 14.7. The molecule has 3 atom stereocenters. The van der Waals surface area contributed by atoms with Gasteiger partial charge in [0.25, 0.3) is 0 Å². The monoisotopic (exact) mass is 403 g/mol. The number of carbonyl (C=O) groups is 2. The van der Waals surface area contributed by atoms with E-state index in [0.29, 0.717) is 22.9 Å². The zero-order valence-electron chi connectivity index (χ0n) is 15.5. The largest absolute Gasteiger partial charge is 0.325 e.